The van der Waals surface area contributed by atoms with Crippen molar-refractivity contribution >= 4 is 46.5 Å². The van der Waals surface area contributed by atoms with Crippen LogP contribution < -0.4 is 0 Å². The maximum Gasteiger partial charge on any atom is 0.173 e. The summed E-state index contributed by atoms with van der Waals surface area (Å²) in [5.74, 6) is -0.0251. The first kappa shape index (κ1) is 17.3. The van der Waals surface area contributed by atoms with Crippen molar-refractivity contribution in [1.82, 2.24) is 0 Å². The maximum absolute atomic E-state index is 11.2. The van der Waals surface area contributed by atoms with Gasteiger partial charge in [-0.3, -0.25) is 9.79 Å². The highest BCUT2D eigenvalue weighted by Gasteiger charge is 2.07. The molecule has 0 heterocycles. The normalized spacial score (nSPS) is 12.7. The van der Waals surface area contributed by atoms with Gasteiger partial charge in [-0.2, -0.15) is 0 Å². The highest BCUT2D eigenvalue weighted by atomic mass is 35.5. The zero-order valence-corrected chi connectivity index (χ0v) is 14.1. The number of carbonyl (C=O) groups is 1. The van der Waals surface area contributed by atoms with Crippen molar-refractivity contribution in [2.45, 2.75) is 38.5 Å². The summed E-state index contributed by atoms with van der Waals surface area (Å²) < 4.78 is 0. The predicted molar refractivity (Wildman–Crippen MR) is 89.1 cm³/mol. The summed E-state index contributed by atoms with van der Waals surface area (Å²) in [5.41, 5.74) is 0.497. The van der Waals surface area contributed by atoms with E-state index in [-0.39, 0.29) is 5.78 Å². The van der Waals surface area contributed by atoms with Gasteiger partial charge in [-0.1, -0.05) is 54.4 Å². The van der Waals surface area contributed by atoms with E-state index in [4.69, 9.17) is 23.2 Å². The molecule has 0 aliphatic rings. The van der Waals surface area contributed by atoms with Gasteiger partial charge in [0.1, 0.15) is 0 Å². The SMILES string of the molecule is CCC/C(=C\N=C(C)C(C)=O)Sc1cccc(Cl)c1Cl. The van der Waals surface area contributed by atoms with Crippen molar-refractivity contribution in [1.29, 1.82) is 0 Å². The Morgan fingerprint density at radius 3 is 2.65 bits per heavy atom. The Hall–Kier alpha value is -0.770. The van der Waals surface area contributed by atoms with E-state index in [2.05, 4.69) is 11.9 Å². The van der Waals surface area contributed by atoms with Crippen molar-refractivity contribution in [3.63, 3.8) is 0 Å². The summed E-state index contributed by atoms with van der Waals surface area (Å²) in [5, 5.41) is 1.09. The quantitative estimate of drug-likeness (QED) is 0.489. The van der Waals surface area contributed by atoms with Gasteiger partial charge >= 0.3 is 0 Å². The average molecular weight is 330 g/mol. The number of thioether (sulfide) groups is 1. The summed E-state index contributed by atoms with van der Waals surface area (Å²) >= 11 is 13.7. The van der Waals surface area contributed by atoms with Crippen molar-refractivity contribution in [3.8, 4) is 0 Å². The average Bonchev–Trinajstić information content (AvgIpc) is 2.40. The van der Waals surface area contributed by atoms with E-state index < -0.39 is 0 Å². The van der Waals surface area contributed by atoms with Gasteiger partial charge in [0, 0.05) is 22.9 Å². The van der Waals surface area contributed by atoms with E-state index in [0.717, 1.165) is 22.6 Å². The molecule has 0 N–H and O–H groups in total. The van der Waals surface area contributed by atoms with Gasteiger partial charge in [-0.15, -0.1) is 0 Å². The van der Waals surface area contributed by atoms with Gasteiger partial charge in [0.2, 0.25) is 0 Å². The molecule has 1 aromatic rings. The molecule has 0 radical (unpaired) electrons. The Labute approximate surface area is 134 Å². The Kier molecular flexibility index (Phi) is 7.35. The van der Waals surface area contributed by atoms with Crippen LogP contribution in [0.25, 0.3) is 0 Å². The molecule has 0 saturated heterocycles. The van der Waals surface area contributed by atoms with E-state index in [1.165, 1.54) is 18.7 Å². The minimum atomic E-state index is -0.0251. The third kappa shape index (κ3) is 5.31. The van der Waals surface area contributed by atoms with Crippen LogP contribution in [0.1, 0.15) is 33.6 Å². The second-order valence-corrected chi connectivity index (χ2v) is 6.22. The fourth-order valence-corrected chi connectivity index (χ4v) is 2.86. The van der Waals surface area contributed by atoms with Crippen LogP contribution >= 0.6 is 35.0 Å². The van der Waals surface area contributed by atoms with Crippen LogP contribution in [0.4, 0.5) is 0 Å². The van der Waals surface area contributed by atoms with Crippen LogP contribution in [-0.2, 0) is 4.79 Å². The number of hydrogen-bond donors (Lipinski definition) is 0. The fourth-order valence-electron chi connectivity index (χ4n) is 1.35. The molecular formula is C15H17Cl2NOS. The highest BCUT2D eigenvalue weighted by molar-refractivity contribution is 8.03. The molecule has 108 valence electrons. The number of nitrogens with zero attached hydrogens (tertiary/aromatic N) is 1. The third-order valence-electron chi connectivity index (χ3n) is 2.57. The third-order valence-corrected chi connectivity index (χ3v) is 4.63. The number of aliphatic imine (C=N–C) groups is 1. The molecule has 0 unspecified atom stereocenters. The Morgan fingerprint density at radius 2 is 2.05 bits per heavy atom. The molecule has 0 spiro atoms. The van der Waals surface area contributed by atoms with E-state index in [1.807, 2.05) is 12.1 Å². The summed E-state index contributed by atoms with van der Waals surface area (Å²) in [7, 11) is 0. The Bertz CT molecular complexity index is 553. The molecule has 1 aromatic carbocycles. The van der Waals surface area contributed by atoms with Crippen LogP contribution in [0.5, 0.6) is 0 Å². The lowest BCUT2D eigenvalue weighted by Gasteiger charge is -2.08. The van der Waals surface area contributed by atoms with Gasteiger partial charge in [0.25, 0.3) is 0 Å². The summed E-state index contributed by atoms with van der Waals surface area (Å²) in [4.78, 5) is 17.3. The molecule has 1 rings (SSSR count). The van der Waals surface area contributed by atoms with Crippen molar-refractivity contribution in [2.24, 2.45) is 4.99 Å². The van der Waals surface area contributed by atoms with Gasteiger partial charge < -0.3 is 0 Å². The predicted octanol–water partition coefficient (Wildman–Crippen LogP) is 5.78. The van der Waals surface area contributed by atoms with Crippen LogP contribution in [0.3, 0.4) is 0 Å². The Morgan fingerprint density at radius 1 is 1.35 bits per heavy atom. The number of benzene rings is 1. The number of hydrogen-bond acceptors (Lipinski definition) is 3. The number of halogens is 2. The molecule has 5 heteroatoms. The fraction of sp³-hybridized carbons (Fsp3) is 0.333. The van der Waals surface area contributed by atoms with Crippen LogP contribution in [0.15, 0.2) is 39.2 Å². The van der Waals surface area contributed by atoms with Gasteiger partial charge in [0.15, 0.2) is 5.78 Å². The Balaban J connectivity index is 2.98. The smallest absolute Gasteiger partial charge is 0.173 e. The van der Waals surface area contributed by atoms with Crippen molar-refractivity contribution in [2.75, 3.05) is 0 Å². The van der Waals surface area contributed by atoms with E-state index in [0.29, 0.717) is 15.8 Å². The van der Waals surface area contributed by atoms with Crippen molar-refractivity contribution < 1.29 is 4.79 Å². The first-order chi connectivity index (χ1) is 9.45. The number of allylic oxidation sites excluding steroid dienone is 1. The molecule has 0 aliphatic carbocycles. The zero-order chi connectivity index (χ0) is 15.1. The molecule has 20 heavy (non-hydrogen) atoms. The lowest BCUT2D eigenvalue weighted by molar-refractivity contribution is -0.111. The van der Waals surface area contributed by atoms with Gasteiger partial charge in [0.05, 0.1) is 15.8 Å². The minimum absolute atomic E-state index is 0.0251. The first-order valence-electron chi connectivity index (χ1n) is 6.32. The zero-order valence-electron chi connectivity index (χ0n) is 11.7. The molecule has 0 atom stereocenters. The number of ketones is 1. The van der Waals surface area contributed by atoms with Crippen LogP contribution in [0.2, 0.25) is 10.0 Å². The molecule has 0 saturated carbocycles. The van der Waals surface area contributed by atoms with E-state index >= 15 is 0 Å². The molecule has 0 aromatic heterocycles. The van der Waals surface area contributed by atoms with Crippen molar-refractivity contribution in [3.05, 3.63) is 39.3 Å². The van der Waals surface area contributed by atoms with E-state index in [1.54, 1.807) is 19.2 Å². The molecular weight excluding hydrogens is 313 g/mol. The minimum Gasteiger partial charge on any atom is -0.293 e. The molecule has 2 nitrogen and oxygen atoms in total. The lowest BCUT2D eigenvalue weighted by atomic mass is 10.3. The molecule has 0 fully saturated rings. The standard InChI is InChI=1S/C15H17Cl2NOS/c1-4-6-12(9-18-10(2)11(3)19)20-14-8-5-7-13(16)15(14)17/h5,7-9H,4,6H2,1-3H3/b12-9+,18-10?. The number of rotatable bonds is 6. The molecule has 0 bridgehead atoms. The molecule has 0 amide bonds. The lowest BCUT2D eigenvalue weighted by Crippen LogP contribution is -2.03. The maximum atomic E-state index is 11.2. The van der Waals surface area contributed by atoms with Crippen LogP contribution in [0, 0.1) is 0 Å². The molecule has 0 aliphatic heterocycles. The number of carbonyl (C=O) groups excluding carboxylic acids is 1. The summed E-state index contributed by atoms with van der Waals surface area (Å²) in [6.45, 7) is 5.31. The van der Waals surface area contributed by atoms with Gasteiger partial charge in [-0.25, -0.2) is 0 Å². The highest BCUT2D eigenvalue weighted by Crippen LogP contribution is 2.38. The topological polar surface area (TPSA) is 29.4 Å². The summed E-state index contributed by atoms with van der Waals surface area (Å²) in [6.07, 6.45) is 3.61. The second-order valence-electron chi connectivity index (χ2n) is 4.27. The van der Waals surface area contributed by atoms with E-state index in [9.17, 15) is 4.79 Å². The first-order valence-corrected chi connectivity index (χ1v) is 7.89. The summed E-state index contributed by atoms with van der Waals surface area (Å²) in [6, 6.07) is 5.54. The van der Waals surface area contributed by atoms with Crippen LogP contribution in [-0.4, -0.2) is 11.5 Å². The number of Topliss-reactive ketones (excluding diaryl/α,β-unsaturated/α-hetero) is 1. The second kappa shape index (κ2) is 8.50. The monoisotopic (exact) mass is 329 g/mol. The van der Waals surface area contributed by atoms with Gasteiger partial charge in [-0.05, 0) is 25.5 Å². The largest absolute Gasteiger partial charge is 0.293 e.